The Morgan fingerprint density at radius 2 is 1.75 bits per heavy atom. The molecule has 1 aromatic carbocycles. The predicted molar refractivity (Wildman–Crippen MR) is 99.7 cm³/mol. The Balaban J connectivity index is 2.82. The van der Waals surface area contributed by atoms with Crippen LogP contribution in [0.25, 0.3) is 0 Å². The summed E-state index contributed by atoms with van der Waals surface area (Å²) >= 11 is 5.81. The van der Waals surface area contributed by atoms with E-state index in [1.165, 1.54) is 25.0 Å². The van der Waals surface area contributed by atoms with Crippen molar-refractivity contribution in [2.24, 2.45) is 11.8 Å². The van der Waals surface area contributed by atoms with Gasteiger partial charge in [-0.1, -0.05) is 58.1 Å². The van der Waals surface area contributed by atoms with Crippen LogP contribution in [-0.2, 0) is 10.0 Å². The largest absolute Gasteiger partial charge is 0.395 e. The van der Waals surface area contributed by atoms with Crippen molar-refractivity contribution in [3.05, 3.63) is 29.3 Å². The minimum absolute atomic E-state index is 0.105. The first-order valence-corrected chi connectivity index (χ1v) is 10.6. The molecule has 2 unspecified atom stereocenters. The lowest BCUT2D eigenvalue weighted by atomic mass is 9.84. The molecule has 2 N–H and O–H groups in total. The number of nitrogens with one attached hydrogen (secondary N) is 1. The van der Waals surface area contributed by atoms with Crippen LogP contribution in [0.2, 0.25) is 5.02 Å². The van der Waals surface area contributed by atoms with E-state index < -0.39 is 16.1 Å². The molecule has 0 aromatic heterocycles. The summed E-state index contributed by atoms with van der Waals surface area (Å²) in [7, 11) is -3.67. The molecule has 0 aliphatic rings. The van der Waals surface area contributed by atoms with Gasteiger partial charge in [-0.2, -0.15) is 0 Å². The molecule has 138 valence electrons. The van der Waals surface area contributed by atoms with Gasteiger partial charge in [0.1, 0.15) is 0 Å². The smallest absolute Gasteiger partial charge is 0.240 e. The first-order chi connectivity index (χ1) is 11.3. The maximum Gasteiger partial charge on any atom is 0.240 e. The van der Waals surface area contributed by atoms with Gasteiger partial charge >= 0.3 is 0 Å². The third kappa shape index (κ3) is 6.71. The average molecular weight is 376 g/mol. The fraction of sp³-hybridized carbons (Fsp3) is 0.667. The highest BCUT2D eigenvalue weighted by molar-refractivity contribution is 7.89. The van der Waals surface area contributed by atoms with Crippen LogP contribution in [0, 0.1) is 11.8 Å². The van der Waals surface area contributed by atoms with Gasteiger partial charge < -0.3 is 5.11 Å². The summed E-state index contributed by atoms with van der Waals surface area (Å²) in [6, 6.07) is 5.58. The SMILES string of the molecule is CCCCCCC(C(C)C)C(CO)NS(=O)(=O)c1ccc(Cl)cc1. The number of sulfonamides is 1. The monoisotopic (exact) mass is 375 g/mol. The number of hydrogen-bond acceptors (Lipinski definition) is 3. The highest BCUT2D eigenvalue weighted by Crippen LogP contribution is 2.24. The molecule has 0 radical (unpaired) electrons. The van der Waals surface area contributed by atoms with E-state index >= 15 is 0 Å². The van der Waals surface area contributed by atoms with Gasteiger partial charge in [0.05, 0.1) is 11.5 Å². The molecule has 0 aliphatic carbocycles. The maximum absolute atomic E-state index is 12.6. The second-order valence-corrected chi connectivity index (χ2v) is 8.77. The van der Waals surface area contributed by atoms with Gasteiger partial charge in [0, 0.05) is 11.1 Å². The Kier molecular flexibility index (Phi) is 9.27. The maximum atomic E-state index is 12.6. The Bertz CT molecular complexity index is 572. The molecule has 24 heavy (non-hydrogen) atoms. The van der Waals surface area contributed by atoms with Gasteiger partial charge in [0.15, 0.2) is 0 Å². The lowest BCUT2D eigenvalue weighted by Gasteiger charge is -2.29. The van der Waals surface area contributed by atoms with E-state index in [2.05, 4.69) is 25.5 Å². The van der Waals surface area contributed by atoms with Crippen molar-refractivity contribution in [1.29, 1.82) is 0 Å². The zero-order valence-electron chi connectivity index (χ0n) is 14.8. The molecule has 0 saturated heterocycles. The molecule has 0 fully saturated rings. The predicted octanol–water partition coefficient (Wildman–Crippen LogP) is 4.22. The summed E-state index contributed by atoms with van der Waals surface area (Å²) < 4.78 is 27.8. The summed E-state index contributed by atoms with van der Waals surface area (Å²) in [5, 5.41) is 10.2. The van der Waals surface area contributed by atoms with Crippen LogP contribution in [0.1, 0.15) is 52.9 Å². The Morgan fingerprint density at radius 1 is 1.12 bits per heavy atom. The van der Waals surface area contributed by atoms with Crippen molar-refractivity contribution in [1.82, 2.24) is 4.72 Å². The molecule has 6 heteroatoms. The average Bonchev–Trinajstić information content (AvgIpc) is 2.53. The fourth-order valence-corrected chi connectivity index (χ4v) is 4.35. The highest BCUT2D eigenvalue weighted by atomic mass is 35.5. The molecule has 1 rings (SSSR count). The standard InChI is InChI=1S/C18H30ClNO3S/c1-4-5-6-7-8-17(14(2)3)18(13-21)20-24(22,23)16-11-9-15(19)10-12-16/h9-12,14,17-18,20-21H,4-8,13H2,1-3H3. The molecule has 0 bridgehead atoms. The van der Waals surface area contributed by atoms with Crippen molar-refractivity contribution < 1.29 is 13.5 Å². The van der Waals surface area contributed by atoms with E-state index in [0.717, 1.165) is 19.3 Å². The van der Waals surface area contributed by atoms with Gasteiger partial charge in [-0.15, -0.1) is 0 Å². The van der Waals surface area contributed by atoms with Crippen molar-refractivity contribution in [2.45, 2.75) is 63.8 Å². The van der Waals surface area contributed by atoms with E-state index in [0.29, 0.717) is 5.02 Å². The number of rotatable bonds is 11. The van der Waals surface area contributed by atoms with Crippen molar-refractivity contribution >= 4 is 21.6 Å². The lowest BCUT2D eigenvalue weighted by molar-refractivity contribution is 0.177. The Labute approximate surface area is 151 Å². The van der Waals surface area contributed by atoms with Crippen LogP contribution in [0.3, 0.4) is 0 Å². The summed E-state index contributed by atoms with van der Waals surface area (Å²) in [6.45, 7) is 6.10. The minimum atomic E-state index is -3.67. The zero-order chi connectivity index (χ0) is 18.2. The number of aliphatic hydroxyl groups excluding tert-OH is 1. The van der Waals surface area contributed by atoms with Gasteiger partial charge in [-0.25, -0.2) is 13.1 Å². The summed E-state index contributed by atoms with van der Waals surface area (Å²) in [5.41, 5.74) is 0. The molecular formula is C18H30ClNO3S. The van der Waals surface area contributed by atoms with Crippen molar-refractivity contribution in [3.8, 4) is 0 Å². The molecule has 0 aliphatic heterocycles. The number of benzene rings is 1. The number of unbranched alkanes of at least 4 members (excludes halogenated alkanes) is 3. The third-order valence-corrected chi connectivity index (χ3v) is 6.15. The molecule has 0 amide bonds. The first-order valence-electron chi connectivity index (χ1n) is 8.70. The van der Waals surface area contributed by atoms with E-state index in [4.69, 9.17) is 11.6 Å². The van der Waals surface area contributed by atoms with Gasteiger partial charge in [0.2, 0.25) is 10.0 Å². The number of hydrogen-bond donors (Lipinski definition) is 2. The van der Waals surface area contributed by atoms with Crippen molar-refractivity contribution in [3.63, 3.8) is 0 Å². The Hall–Kier alpha value is -0.620. The van der Waals surface area contributed by atoms with Crippen LogP contribution < -0.4 is 4.72 Å². The molecule has 0 heterocycles. The molecule has 2 atom stereocenters. The van der Waals surface area contributed by atoms with E-state index in [9.17, 15) is 13.5 Å². The van der Waals surface area contributed by atoms with Crippen molar-refractivity contribution in [2.75, 3.05) is 6.61 Å². The number of aliphatic hydroxyl groups is 1. The highest BCUT2D eigenvalue weighted by Gasteiger charge is 2.28. The minimum Gasteiger partial charge on any atom is -0.395 e. The lowest BCUT2D eigenvalue weighted by Crippen LogP contribution is -2.44. The molecule has 1 aromatic rings. The number of halogens is 1. The molecule has 0 saturated carbocycles. The second-order valence-electron chi connectivity index (χ2n) is 6.62. The van der Waals surface area contributed by atoms with Crippen LogP contribution in [0.4, 0.5) is 0 Å². The van der Waals surface area contributed by atoms with E-state index in [-0.39, 0.29) is 23.3 Å². The molecule has 0 spiro atoms. The fourth-order valence-electron chi connectivity index (χ4n) is 2.95. The summed E-state index contributed by atoms with van der Waals surface area (Å²) in [5.74, 6) is 0.394. The van der Waals surface area contributed by atoms with Gasteiger partial charge in [-0.3, -0.25) is 0 Å². The van der Waals surface area contributed by atoms with Crippen LogP contribution in [-0.4, -0.2) is 26.2 Å². The van der Waals surface area contributed by atoms with Crippen LogP contribution >= 0.6 is 11.6 Å². The third-order valence-electron chi connectivity index (χ3n) is 4.39. The summed E-state index contributed by atoms with van der Waals surface area (Å²) in [6.07, 6.45) is 5.45. The topological polar surface area (TPSA) is 66.4 Å². The van der Waals surface area contributed by atoms with Gasteiger partial charge in [0.25, 0.3) is 0 Å². The molecule has 4 nitrogen and oxygen atoms in total. The van der Waals surface area contributed by atoms with E-state index in [1.807, 2.05) is 0 Å². The normalized spacial score (nSPS) is 14.8. The quantitative estimate of drug-likeness (QED) is 0.569. The summed E-state index contributed by atoms with van der Waals surface area (Å²) in [4.78, 5) is 0.166. The molecular weight excluding hydrogens is 346 g/mol. The van der Waals surface area contributed by atoms with Crippen LogP contribution in [0.5, 0.6) is 0 Å². The zero-order valence-corrected chi connectivity index (χ0v) is 16.4. The van der Waals surface area contributed by atoms with Crippen LogP contribution in [0.15, 0.2) is 29.2 Å². The van der Waals surface area contributed by atoms with E-state index in [1.54, 1.807) is 12.1 Å². The second kappa shape index (κ2) is 10.4. The Morgan fingerprint density at radius 3 is 2.25 bits per heavy atom. The van der Waals surface area contributed by atoms with Gasteiger partial charge in [-0.05, 0) is 42.5 Å². The first kappa shape index (κ1) is 21.4.